The minimum atomic E-state index is -0.430. The van der Waals surface area contributed by atoms with Gasteiger partial charge in [-0.25, -0.2) is 9.59 Å². The van der Waals surface area contributed by atoms with Crippen molar-refractivity contribution < 1.29 is 28.5 Å². The Bertz CT molecular complexity index is 1090. The van der Waals surface area contributed by atoms with Gasteiger partial charge in [0.1, 0.15) is 12.4 Å². The molecular weight excluding hydrogens is 496 g/mol. The topological polar surface area (TPSA) is 86.3 Å². The summed E-state index contributed by atoms with van der Waals surface area (Å²) >= 11 is 0. The molecule has 2 aromatic rings. The molecule has 3 atom stereocenters. The second-order valence-corrected chi connectivity index (χ2v) is 10.9. The van der Waals surface area contributed by atoms with Crippen LogP contribution in [0.25, 0.3) is 0 Å². The first-order chi connectivity index (χ1) is 18.9. The monoisotopic (exact) mass is 538 g/mol. The fourth-order valence-electron chi connectivity index (χ4n) is 5.94. The van der Waals surface area contributed by atoms with E-state index in [0.717, 1.165) is 43.2 Å². The highest BCUT2D eigenvalue weighted by Gasteiger charge is 2.47. The molecule has 2 aliphatic rings. The Balaban J connectivity index is 1.46. The average molecular weight is 539 g/mol. The maximum atomic E-state index is 13.0. The number of carbonyl (C=O) groups is 2. The smallest absolute Gasteiger partial charge is 0.415 e. The van der Waals surface area contributed by atoms with Crippen molar-refractivity contribution in [1.29, 1.82) is 0 Å². The van der Waals surface area contributed by atoms with E-state index in [2.05, 4.69) is 18.3 Å². The maximum Gasteiger partial charge on any atom is 0.415 e. The lowest BCUT2D eigenvalue weighted by Gasteiger charge is -2.49. The van der Waals surface area contributed by atoms with Crippen molar-refractivity contribution in [3.05, 3.63) is 65.2 Å². The van der Waals surface area contributed by atoms with Crippen molar-refractivity contribution in [3.8, 4) is 5.75 Å². The lowest BCUT2D eigenvalue weighted by molar-refractivity contribution is 0.0607. The lowest BCUT2D eigenvalue weighted by Crippen LogP contribution is -2.57. The second kappa shape index (κ2) is 13.8. The molecule has 0 radical (unpaired) electrons. The largest absolute Gasteiger partial charge is 0.445 e. The molecule has 8 heteroatoms. The lowest BCUT2D eigenvalue weighted by atomic mass is 9.59. The summed E-state index contributed by atoms with van der Waals surface area (Å²) in [4.78, 5) is 27.2. The number of amides is 2. The number of fused-ring (bicyclic) bond motifs is 4. The van der Waals surface area contributed by atoms with E-state index in [1.165, 1.54) is 16.9 Å². The van der Waals surface area contributed by atoms with Crippen LogP contribution in [-0.2, 0) is 32.7 Å². The van der Waals surface area contributed by atoms with Crippen LogP contribution >= 0.6 is 0 Å². The summed E-state index contributed by atoms with van der Waals surface area (Å²) in [5.41, 5.74) is 3.07. The fourth-order valence-corrected chi connectivity index (χ4v) is 5.94. The number of methoxy groups -OCH3 is 1. The summed E-state index contributed by atoms with van der Waals surface area (Å²) < 4.78 is 21.8. The minimum absolute atomic E-state index is 0.0635. The molecule has 39 heavy (non-hydrogen) atoms. The molecule has 212 valence electrons. The summed E-state index contributed by atoms with van der Waals surface area (Å²) in [6.45, 7) is 4.31. The van der Waals surface area contributed by atoms with Crippen LogP contribution in [0.3, 0.4) is 0 Å². The quantitative estimate of drug-likeness (QED) is 0.404. The van der Waals surface area contributed by atoms with Gasteiger partial charge in [-0.05, 0) is 54.0 Å². The van der Waals surface area contributed by atoms with Crippen LogP contribution in [0.5, 0.6) is 5.75 Å². The number of hydrogen-bond acceptors (Lipinski definition) is 6. The standard InChI is InChI=1S/C31H42N2O6/c1-31-15-9-5-8-12-25(28(31)32-29(34)38-22-23-10-6-4-7-11-23)20-24-13-14-26(21-27(24)31)39-30(35)33(2)16-17-37-19-18-36-3/h4,6-7,10-11,13-14,21,25,28H,5,8-9,12,15-20,22H2,1-3H3,(H,32,34)/t25-,28-,31+/m0/s1. The van der Waals surface area contributed by atoms with Crippen LogP contribution in [-0.4, -0.2) is 63.7 Å². The molecule has 2 amide bonds. The van der Waals surface area contributed by atoms with Crippen LogP contribution < -0.4 is 10.1 Å². The zero-order chi connectivity index (χ0) is 27.7. The summed E-state index contributed by atoms with van der Waals surface area (Å²) in [6, 6.07) is 15.6. The highest BCUT2D eigenvalue weighted by molar-refractivity contribution is 5.71. The molecule has 0 heterocycles. The SMILES string of the molecule is COCCOCCN(C)C(=O)Oc1ccc2c(c1)[C@@]1(C)CCCCC[C@@H](C2)[C@@H]1NC(=O)OCc1ccccc1. The van der Waals surface area contributed by atoms with Crippen LogP contribution in [0.4, 0.5) is 9.59 Å². The number of rotatable bonds is 10. The van der Waals surface area contributed by atoms with Gasteiger partial charge < -0.3 is 29.2 Å². The van der Waals surface area contributed by atoms with Crippen molar-refractivity contribution in [2.45, 2.75) is 63.5 Å². The Hall–Kier alpha value is -3.10. The number of benzene rings is 2. The predicted molar refractivity (Wildman–Crippen MR) is 149 cm³/mol. The molecular formula is C31H42N2O6. The first-order valence-electron chi connectivity index (χ1n) is 14.0. The van der Waals surface area contributed by atoms with Gasteiger partial charge >= 0.3 is 12.2 Å². The molecule has 0 unspecified atom stereocenters. The van der Waals surface area contributed by atoms with Crippen molar-refractivity contribution in [2.75, 3.05) is 40.5 Å². The Labute approximate surface area is 231 Å². The summed E-state index contributed by atoms with van der Waals surface area (Å²) in [6.07, 6.45) is 5.48. The molecule has 8 nitrogen and oxygen atoms in total. The molecule has 2 aliphatic carbocycles. The van der Waals surface area contributed by atoms with E-state index in [1.807, 2.05) is 42.5 Å². The summed E-state index contributed by atoms with van der Waals surface area (Å²) in [7, 11) is 3.32. The molecule has 0 saturated heterocycles. The number of hydrogen-bond donors (Lipinski definition) is 1. The summed E-state index contributed by atoms with van der Waals surface area (Å²) in [5.74, 6) is 0.836. The summed E-state index contributed by atoms with van der Waals surface area (Å²) in [5, 5.41) is 3.26. The zero-order valence-corrected chi connectivity index (χ0v) is 23.4. The third kappa shape index (κ3) is 7.51. The van der Waals surface area contributed by atoms with Gasteiger partial charge in [-0.3, -0.25) is 0 Å². The molecule has 0 aromatic heterocycles. The van der Waals surface area contributed by atoms with E-state index in [9.17, 15) is 9.59 Å². The minimum Gasteiger partial charge on any atom is -0.445 e. The number of carbonyl (C=O) groups excluding carboxylic acids is 2. The van der Waals surface area contributed by atoms with Gasteiger partial charge in [-0.15, -0.1) is 0 Å². The molecule has 2 aromatic carbocycles. The third-order valence-electron chi connectivity index (χ3n) is 8.11. The number of nitrogens with zero attached hydrogens (tertiary/aromatic N) is 1. The molecule has 0 spiro atoms. The normalized spacial score (nSPS) is 22.1. The van der Waals surface area contributed by atoms with Crippen molar-refractivity contribution in [1.82, 2.24) is 10.2 Å². The first-order valence-corrected chi connectivity index (χ1v) is 14.0. The third-order valence-corrected chi connectivity index (χ3v) is 8.11. The number of likely N-dealkylation sites (N-methyl/N-ethyl adjacent to an activating group) is 1. The highest BCUT2D eigenvalue weighted by atomic mass is 16.6. The van der Waals surface area contributed by atoms with E-state index >= 15 is 0 Å². The van der Waals surface area contributed by atoms with Gasteiger partial charge in [0, 0.05) is 32.2 Å². The van der Waals surface area contributed by atoms with Gasteiger partial charge in [0.25, 0.3) is 0 Å². The highest BCUT2D eigenvalue weighted by Crippen LogP contribution is 2.47. The van der Waals surface area contributed by atoms with Crippen molar-refractivity contribution in [3.63, 3.8) is 0 Å². The van der Waals surface area contributed by atoms with Gasteiger partial charge in [-0.2, -0.15) is 0 Å². The predicted octanol–water partition coefficient (Wildman–Crippen LogP) is 5.47. The Kier molecular flexibility index (Phi) is 10.2. The molecule has 1 N–H and O–H groups in total. The van der Waals surface area contributed by atoms with Gasteiger partial charge in [0.05, 0.1) is 19.8 Å². The Morgan fingerprint density at radius 1 is 1.05 bits per heavy atom. The van der Waals surface area contributed by atoms with Crippen molar-refractivity contribution in [2.24, 2.45) is 5.92 Å². The fraction of sp³-hybridized carbons (Fsp3) is 0.548. The molecule has 2 bridgehead atoms. The first kappa shape index (κ1) is 28.9. The molecule has 1 saturated carbocycles. The van der Waals surface area contributed by atoms with Gasteiger partial charge in [0.2, 0.25) is 0 Å². The molecule has 0 aliphatic heterocycles. The van der Waals surface area contributed by atoms with E-state index in [0.29, 0.717) is 38.0 Å². The van der Waals surface area contributed by atoms with E-state index in [1.54, 1.807) is 14.2 Å². The van der Waals surface area contributed by atoms with E-state index in [4.69, 9.17) is 18.9 Å². The number of ether oxygens (including phenoxy) is 4. The molecule has 4 rings (SSSR count). The average Bonchev–Trinajstić information content (AvgIpc) is 2.94. The zero-order valence-electron chi connectivity index (χ0n) is 23.4. The van der Waals surface area contributed by atoms with Crippen LogP contribution in [0.15, 0.2) is 48.5 Å². The van der Waals surface area contributed by atoms with Gasteiger partial charge in [0.15, 0.2) is 0 Å². The van der Waals surface area contributed by atoms with Crippen LogP contribution in [0, 0.1) is 5.92 Å². The van der Waals surface area contributed by atoms with Crippen LogP contribution in [0.2, 0.25) is 0 Å². The molecule has 1 fully saturated rings. The Morgan fingerprint density at radius 3 is 2.67 bits per heavy atom. The number of nitrogens with one attached hydrogen (secondary N) is 1. The van der Waals surface area contributed by atoms with Crippen LogP contribution in [0.1, 0.15) is 55.7 Å². The van der Waals surface area contributed by atoms with E-state index in [-0.39, 0.29) is 24.2 Å². The maximum absolute atomic E-state index is 13.0. The van der Waals surface area contributed by atoms with Gasteiger partial charge in [-0.1, -0.05) is 62.6 Å². The Morgan fingerprint density at radius 2 is 1.87 bits per heavy atom. The number of alkyl carbamates (subject to hydrolysis) is 1. The van der Waals surface area contributed by atoms with Crippen molar-refractivity contribution >= 4 is 12.2 Å². The van der Waals surface area contributed by atoms with E-state index < -0.39 is 6.09 Å². The second-order valence-electron chi connectivity index (χ2n) is 10.9.